The Kier molecular flexibility index (Phi) is 4.00. The van der Waals surface area contributed by atoms with Crippen LogP contribution in [0, 0.1) is 0 Å². The molecule has 4 heteroatoms. The number of fused-ring (bicyclic) bond motifs is 1. The van der Waals surface area contributed by atoms with Crippen LogP contribution in [0.25, 0.3) is 11.0 Å². The first-order chi connectivity index (χ1) is 8.47. The molecular formula is C13H11N3O. The van der Waals surface area contributed by atoms with Crippen LogP contribution < -0.4 is 0 Å². The molecule has 0 aliphatic carbocycles. The molecule has 0 atom stereocenters. The largest absolute Gasteiger partial charge is 0.463 e. The Hall–Kier alpha value is -2.49. The van der Waals surface area contributed by atoms with Crippen LogP contribution in [0.4, 0.5) is 0 Å². The highest BCUT2D eigenvalue weighted by atomic mass is 16.3. The molecule has 0 saturated carbocycles. The lowest BCUT2D eigenvalue weighted by molar-refractivity contribution is 0.604. The van der Waals surface area contributed by atoms with E-state index < -0.39 is 0 Å². The highest BCUT2D eigenvalue weighted by Crippen LogP contribution is 2.07. The van der Waals surface area contributed by atoms with Crippen LogP contribution in [0.15, 0.2) is 72.1 Å². The van der Waals surface area contributed by atoms with E-state index in [0.29, 0.717) is 0 Å². The summed E-state index contributed by atoms with van der Waals surface area (Å²) in [5.74, 6) is 0. The zero-order valence-electron chi connectivity index (χ0n) is 9.10. The highest BCUT2D eigenvalue weighted by Gasteiger charge is 1.86. The number of hydrogen-bond acceptors (Lipinski definition) is 4. The van der Waals surface area contributed by atoms with Crippen LogP contribution in [-0.2, 0) is 0 Å². The van der Waals surface area contributed by atoms with Gasteiger partial charge in [0.2, 0.25) is 0 Å². The molecule has 4 nitrogen and oxygen atoms in total. The van der Waals surface area contributed by atoms with E-state index in [1.807, 2.05) is 24.3 Å². The normalized spacial score (nSPS) is 9.18. The van der Waals surface area contributed by atoms with E-state index in [0.717, 1.165) is 11.0 Å². The quantitative estimate of drug-likeness (QED) is 0.691. The molecule has 0 unspecified atom stereocenters. The SMILES string of the molecule is c1cnccoc2ccccc2cncnc1. The summed E-state index contributed by atoms with van der Waals surface area (Å²) >= 11 is 0. The average Bonchev–Trinajstić information content (AvgIpc) is 2.38. The summed E-state index contributed by atoms with van der Waals surface area (Å²) in [5.41, 5.74) is 0.725. The number of rotatable bonds is 0. The molecule has 0 radical (unpaired) electrons. The first-order valence-corrected chi connectivity index (χ1v) is 5.11. The highest BCUT2D eigenvalue weighted by molar-refractivity contribution is 5.74. The molecule has 1 aromatic carbocycles. The Labute approximate surface area is 98.7 Å². The van der Waals surface area contributed by atoms with E-state index in [9.17, 15) is 0 Å². The third kappa shape index (κ3) is 3.53. The fraction of sp³-hybridized carbons (Fsp3) is 0. The summed E-state index contributed by atoms with van der Waals surface area (Å²) in [5, 5.41) is 0.885. The Morgan fingerprint density at radius 1 is 0.824 bits per heavy atom. The second-order valence-corrected chi connectivity index (χ2v) is 3.12. The van der Waals surface area contributed by atoms with Crippen molar-refractivity contribution >= 4 is 11.0 Å². The number of hydrogen-bond donors (Lipinski definition) is 0. The molecule has 2 aromatic rings. The van der Waals surface area contributed by atoms with Gasteiger partial charge < -0.3 is 4.42 Å². The molecule has 0 N–H and O–H groups in total. The van der Waals surface area contributed by atoms with Gasteiger partial charge in [0, 0.05) is 24.0 Å². The summed E-state index contributed by atoms with van der Waals surface area (Å²) < 4.78 is 5.45. The van der Waals surface area contributed by atoms with Crippen molar-refractivity contribution in [2.75, 3.05) is 0 Å². The van der Waals surface area contributed by atoms with E-state index in [-0.39, 0.29) is 0 Å². The Bertz CT molecular complexity index is 541. The monoisotopic (exact) mass is 225 g/mol. The van der Waals surface area contributed by atoms with Crippen molar-refractivity contribution in [2.45, 2.75) is 0 Å². The topological polar surface area (TPSA) is 51.8 Å². The van der Waals surface area contributed by atoms with E-state index in [4.69, 9.17) is 4.42 Å². The van der Waals surface area contributed by atoms with Gasteiger partial charge >= 0.3 is 0 Å². The minimum atomic E-state index is 0.725. The summed E-state index contributed by atoms with van der Waals surface area (Å²) in [6.07, 6.45) is 9.48. The molecule has 0 fully saturated rings. The predicted octanol–water partition coefficient (Wildman–Crippen LogP) is 2.87. The fourth-order valence-corrected chi connectivity index (χ4v) is 1.21. The molecule has 0 spiro atoms. The molecule has 0 amide bonds. The van der Waals surface area contributed by atoms with Gasteiger partial charge in [0.15, 0.2) is 0 Å². The lowest BCUT2D eigenvalue weighted by Crippen LogP contribution is -1.68. The third-order valence-corrected chi connectivity index (χ3v) is 1.95. The van der Waals surface area contributed by atoms with Crippen molar-refractivity contribution in [1.29, 1.82) is 0 Å². The van der Waals surface area contributed by atoms with Gasteiger partial charge in [0.25, 0.3) is 0 Å². The maximum absolute atomic E-state index is 5.45. The Balaban J connectivity index is 2.67. The molecule has 0 bridgehead atoms. The van der Waals surface area contributed by atoms with Crippen molar-refractivity contribution in [3.05, 3.63) is 67.7 Å². The van der Waals surface area contributed by atoms with E-state index in [1.54, 1.807) is 30.9 Å². The lowest BCUT2D eigenvalue weighted by atomic mass is 10.3. The number of benzene rings is 1. The second-order valence-electron chi connectivity index (χ2n) is 3.12. The number of para-hydroxylation sites is 1. The van der Waals surface area contributed by atoms with Gasteiger partial charge in [0.1, 0.15) is 18.2 Å². The van der Waals surface area contributed by atoms with Crippen LogP contribution in [0.3, 0.4) is 0 Å². The standard InChI is InChI=1S/C13H11N3O/c1-2-5-13-12(4-1)10-16-11-15-7-3-6-14-8-9-17-13/h1-11H. The fourth-order valence-electron chi connectivity index (χ4n) is 1.21. The van der Waals surface area contributed by atoms with Gasteiger partial charge in [-0.1, -0.05) is 12.1 Å². The molecule has 0 aliphatic heterocycles. The first kappa shape index (κ1) is 11.0. The molecule has 1 aromatic heterocycles. The maximum atomic E-state index is 5.45. The summed E-state index contributed by atoms with van der Waals surface area (Å²) in [4.78, 5) is 12.0. The molecule has 2 rings (SSSR count). The van der Waals surface area contributed by atoms with E-state index in [1.165, 1.54) is 12.6 Å². The van der Waals surface area contributed by atoms with Crippen LogP contribution in [0.5, 0.6) is 0 Å². The summed E-state index contributed by atoms with van der Waals surface area (Å²) in [6.45, 7) is 0. The van der Waals surface area contributed by atoms with Gasteiger partial charge in [-0.2, -0.15) is 0 Å². The Morgan fingerprint density at radius 3 is 2.71 bits per heavy atom. The first-order valence-electron chi connectivity index (χ1n) is 5.11. The van der Waals surface area contributed by atoms with Gasteiger partial charge in [-0.3, -0.25) is 4.98 Å². The van der Waals surface area contributed by atoms with E-state index in [2.05, 4.69) is 15.0 Å². The second kappa shape index (κ2) is 6.17. The zero-order chi connectivity index (χ0) is 11.8. The molecule has 0 aliphatic rings. The minimum absolute atomic E-state index is 0.725. The average molecular weight is 225 g/mol. The predicted molar refractivity (Wildman–Crippen MR) is 64.9 cm³/mol. The minimum Gasteiger partial charge on any atom is -0.463 e. The van der Waals surface area contributed by atoms with Gasteiger partial charge in [-0.25, -0.2) is 9.97 Å². The summed E-state index contributed by atoms with van der Waals surface area (Å²) in [6, 6.07) is 9.31. The third-order valence-electron chi connectivity index (χ3n) is 1.95. The number of aromatic nitrogens is 3. The molecular weight excluding hydrogens is 214 g/mol. The van der Waals surface area contributed by atoms with Crippen molar-refractivity contribution in [3.63, 3.8) is 0 Å². The molecule has 17 heavy (non-hydrogen) atoms. The van der Waals surface area contributed by atoms with Crippen LogP contribution in [0.1, 0.15) is 0 Å². The van der Waals surface area contributed by atoms with Crippen LogP contribution in [-0.4, -0.2) is 15.0 Å². The Morgan fingerprint density at radius 2 is 1.71 bits per heavy atom. The molecule has 1 heterocycles. The van der Waals surface area contributed by atoms with Crippen molar-refractivity contribution < 1.29 is 4.42 Å². The van der Waals surface area contributed by atoms with E-state index >= 15 is 0 Å². The van der Waals surface area contributed by atoms with Crippen LogP contribution in [0.2, 0.25) is 0 Å². The van der Waals surface area contributed by atoms with Gasteiger partial charge in [0.05, 0.1) is 6.20 Å². The van der Waals surface area contributed by atoms with Crippen molar-refractivity contribution in [3.8, 4) is 0 Å². The molecule has 0 saturated heterocycles. The lowest BCUT2D eigenvalue weighted by Gasteiger charge is -1.88. The van der Waals surface area contributed by atoms with Gasteiger partial charge in [-0.05, 0) is 18.2 Å². The number of nitrogens with zero attached hydrogens (tertiary/aromatic N) is 3. The molecule has 84 valence electrons. The van der Waals surface area contributed by atoms with Crippen molar-refractivity contribution in [2.24, 2.45) is 0 Å². The summed E-state index contributed by atoms with van der Waals surface area (Å²) in [7, 11) is 0. The smallest absolute Gasteiger partial charge is 0.135 e. The van der Waals surface area contributed by atoms with Crippen LogP contribution >= 0.6 is 0 Å². The maximum Gasteiger partial charge on any atom is 0.135 e. The van der Waals surface area contributed by atoms with Crippen molar-refractivity contribution in [1.82, 2.24) is 15.0 Å². The van der Waals surface area contributed by atoms with Gasteiger partial charge in [-0.15, -0.1) is 0 Å². The zero-order valence-corrected chi connectivity index (χ0v) is 9.10.